The molecule has 3 N–H and O–H groups in total. The minimum atomic E-state index is -1.08. The van der Waals surface area contributed by atoms with Gasteiger partial charge in [0.1, 0.15) is 11.6 Å². The predicted octanol–water partition coefficient (Wildman–Crippen LogP) is 6.34. The van der Waals surface area contributed by atoms with E-state index in [0.717, 1.165) is 18.4 Å². The van der Waals surface area contributed by atoms with Gasteiger partial charge in [-0.2, -0.15) is 5.10 Å². The Labute approximate surface area is 218 Å². The van der Waals surface area contributed by atoms with Gasteiger partial charge in [-0.05, 0) is 66.1 Å². The smallest absolute Gasteiger partial charge is 0.335 e. The van der Waals surface area contributed by atoms with Gasteiger partial charge in [-0.1, -0.05) is 49.7 Å². The summed E-state index contributed by atoms with van der Waals surface area (Å²) in [4.78, 5) is 26.3. The van der Waals surface area contributed by atoms with Gasteiger partial charge < -0.3 is 10.2 Å². The summed E-state index contributed by atoms with van der Waals surface area (Å²) in [5.74, 6) is -2.20. The average Bonchev–Trinajstić information content (AvgIpc) is 3.19. The van der Waals surface area contributed by atoms with Crippen molar-refractivity contribution in [2.45, 2.75) is 19.8 Å². The number of carboxylic acids is 1. The van der Waals surface area contributed by atoms with Gasteiger partial charge in [0, 0.05) is 16.8 Å². The summed E-state index contributed by atoms with van der Waals surface area (Å²) < 4.78 is 14.2. The number of phenolic OH excluding ortho intramolecular Hbond substituents is 1. The number of halogens is 1. The van der Waals surface area contributed by atoms with Gasteiger partial charge in [-0.25, -0.2) is 9.18 Å². The molecule has 1 aliphatic rings. The summed E-state index contributed by atoms with van der Waals surface area (Å²) in [7, 11) is 0. The number of hydrazone groups is 1. The number of hydrogen-bond donors (Lipinski definition) is 3. The van der Waals surface area contributed by atoms with Crippen LogP contribution in [0.25, 0.3) is 11.1 Å². The highest BCUT2D eigenvalue weighted by Crippen LogP contribution is 2.38. The molecule has 0 bridgehead atoms. The Kier molecular flexibility index (Phi) is 6.62. The van der Waals surface area contributed by atoms with E-state index in [9.17, 15) is 24.2 Å². The minimum Gasteiger partial charge on any atom is -0.505 e. The zero-order valence-corrected chi connectivity index (χ0v) is 20.5. The number of hydrogen-bond acceptors (Lipinski definition) is 5. The second-order valence-electron chi connectivity index (χ2n) is 8.88. The van der Waals surface area contributed by atoms with E-state index in [2.05, 4.69) is 17.5 Å². The Morgan fingerprint density at radius 3 is 2.47 bits per heavy atom. The molecule has 1 aliphatic heterocycles. The third kappa shape index (κ3) is 4.59. The average molecular weight is 510 g/mol. The number of amides is 1. The van der Waals surface area contributed by atoms with Crippen molar-refractivity contribution >= 4 is 34.7 Å². The lowest BCUT2D eigenvalue weighted by Gasteiger charge is -2.17. The van der Waals surface area contributed by atoms with Crippen LogP contribution in [0.4, 0.5) is 21.5 Å². The number of phenols is 1. The molecule has 0 fully saturated rings. The van der Waals surface area contributed by atoms with Gasteiger partial charge in [-0.3, -0.25) is 15.1 Å². The summed E-state index contributed by atoms with van der Waals surface area (Å²) in [5, 5.41) is 24.5. The molecule has 5 rings (SSSR count). The van der Waals surface area contributed by atoms with Gasteiger partial charge in [0.05, 0.1) is 16.9 Å². The quantitative estimate of drug-likeness (QED) is 0.199. The summed E-state index contributed by atoms with van der Waals surface area (Å²) in [6, 6.07) is 22.8. The van der Waals surface area contributed by atoms with Gasteiger partial charge in [0.15, 0.2) is 5.71 Å². The maximum absolute atomic E-state index is 14.2. The summed E-state index contributed by atoms with van der Waals surface area (Å²) in [5.41, 5.74) is 6.52. The zero-order valence-electron chi connectivity index (χ0n) is 20.5. The number of carboxylic acid groups (broad SMARTS) is 1. The normalized spacial score (nSPS) is 13.6. The van der Waals surface area contributed by atoms with Crippen molar-refractivity contribution in [2.24, 2.45) is 5.10 Å². The number of aromatic carboxylic acids is 1. The number of carbonyl (C=O) groups is 2. The predicted molar refractivity (Wildman–Crippen MR) is 145 cm³/mol. The number of aryl methyl sites for hydroxylation is 1. The van der Waals surface area contributed by atoms with Crippen molar-refractivity contribution < 1.29 is 24.2 Å². The Bertz CT molecular complexity index is 1580. The lowest BCUT2D eigenvalue weighted by Crippen LogP contribution is -2.26. The Morgan fingerprint density at radius 1 is 0.974 bits per heavy atom. The summed E-state index contributed by atoms with van der Waals surface area (Å²) in [6.07, 6.45) is 1.93. The molecule has 0 saturated carbocycles. The molecule has 0 aliphatic carbocycles. The molecule has 0 saturated heterocycles. The third-order valence-electron chi connectivity index (χ3n) is 6.34. The molecule has 0 spiro atoms. The molecular formula is C30H24FN3O4. The van der Waals surface area contributed by atoms with E-state index in [-0.39, 0.29) is 22.7 Å². The molecule has 190 valence electrons. The lowest BCUT2D eigenvalue weighted by molar-refractivity contribution is -0.111. The van der Waals surface area contributed by atoms with Crippen LogP contribution >= 0.6 is 0 Å². The minimum absolute atomic E-state index is 0.00480. The molecule has 8 heteroatoms. The number of anilines is 3. The largest absolute Gasteiger partial charge is 0.505 e. The number of nitrogens with zero attached hydrogens (tertiary/aromatic N) is 2. The Morgan fingerprint density at radius 2 is 1.74 bits per heavy atom. The number of nitrogens with one attached hydrogen (secondary N) is 1. The van der Waals surface area contributed by atoms with Crippen LogP contribution in [0.3, 0.4) is 0 Å². The van der Waals surface area contributed by atoms with E-state index in [1.54, 1.807) is 36.4 Å². The fourth-order valence-electron chi connectivity index (χ4n) is 4.49. The second kappa shape index (κ2) is 10.2. The first-order chi connectivity index (χ1) is 18.4. The van der Waals surface area contributed by atoms with E-state index < -0.39 is 17.7 Å². The lowest BCUT2D eigenvalue weighted by atomic mass is 10.0. The van der Waals surface area contributed by atoms with Crippen LogP contribution in [0, 0.1) is 5.82 Å². The van der Waals surface area contributed by atoms with Gasteiger partial charge in [0.2, 0.25) is 0 Å². The molecule has 0 radical (unpaired) electrons. The number of benzene rings is 4. The van der Waals surface area contributed by atoms with E-state index in [1.807, 2.05) is 24.3 Å². The first kappa shape index (κ1) is 24.7. The second-order valence-corrected chi connectivity index (χ2v) is 8.88. The first-order valence-corrected chi connectivity index (χ1v) is 12.1. The number of aromatic hydroxyl groups is 1. The molecule has 0 unspecified atom stereocenters. The maximum atomic E-state index is 14.2. The van der Waals surface area contributed by atoms with E-state index >= 15 is 0 Å². The molecule has 1 heterocycles. The van der Waals surface area contributed by atoms with Crippen molar-refractivity contribution in [2.75, 3.05) is 10.3 Å². The Hall–Kier alpha value is -4.98. The van der Waals surface area contributed by atoms with Crippen LogP contribution in [0.2, 0.25) is 0 Å². The Balaban J connectivity index is 1.50. The van der Waals surface area contributed by atoms with Crippen LogP contribution in [-0.4, -0.2) is 27.8 Å². The topological polar surface area (TPSA) is 102 Å². The van der Waals surface area contributed by atoms with Crippen molar-refractivity contribution in [1.82, 2.24) is 0 Å². The number of rotatable bonds is 7. The third-order valence-corrected chi connectivity index (χ3v) is 6.34. The molecule has 1 amide bonds. The monoisotopic (exact) mass is 509 g/mol. The highest BCUT2D eigenvalue weighted by Gasteiger charge is 2.35. The van der Waals surface area contributed by atoms with Crippen molar-refractivity contribution in [3.8, 4) is 16.9 Å². The van der Waals surface area contributed by atoms with Crippen LogP contribution < -0.4 is 10.3 Å². The molecule has 38 heavy (non-hydrogen) atoms. The summed E-state index contributed by atoms with van der Waals surface area (Å²) in [6.45, 7) is 2.10. The molecule has 4 aromatic carbocycles. The zero-order chi connectivity index (χ0) is 26.8. The van der Waals surface area contributed by atoms with Crippen molar-refractivity contribution in [1.29, 1.82) is 0 Å². The van der Waals surface area contributed by atoms with Crippen molar-refractivity contribution in [3.63, 3.8) is 0 Å². The number of para-hydroxylation sites is 1. The maximum Gasteiger partial charge on any atom is 0.335 e. The molecule has 4 aromatic rings. The highest BCUT2D eigenvalue weighted by molar-refractivity contribution is 6.55. The van der Waals surface area contributed by atoms with E-state index in [4.69, 9.17) is 0 Å². The number of carbonyl (C=O) groups excluding carboxylic acids is 1. The van der Waals surface area contributed by atoms with Gasteiger partial charge in [0.25, 0.3) is 5.91 Å². The molecule has 7 nitrogen and oxygen atoms in total. The SMILES string of the molecule is CCCc1ccc(N2C(=O)C(=NNc3cccc(-c4cccc(C(=O)O)c4)c3O)c3cc(F)ccc32)cc1. The van der Waals surface area contributed by atoms with Crippen LogP contribution in [0.5, 0.6) is 5.75 Å². The van der Waals surface area contributed by atoms with Gasteiger partial charge in [-0.15, -0.1) is 0 Å². The van der Waals surface area contributed by atoms with Crippen LogP contribution in [0.1, 0.15) is 34.8 Å². The molecular weight excluding hydrogens is 485 g/mol. The van der Waals surface area contributed by atoms with Crippen LogP contribution in [0.15, 0.2) is 90.0 Å². The molecule has 0 atom stereocenters. The van der Waals surface area contributed by atoms with E-state index in [1.165, 1.54) is 29.2 Å². The highest BCUT2D eigenvalue weighted by atomic mass is 19.1. The van der Waals surface area contributed by atoms with Crippen molar-refractivity contribution in [3.05, 3.63) is 107 Å². The fourth-order valence-corrected chi connectivity index (χ4v) is 4.49. The van der Waals surface area contributed by atoms with Gasteiger partial charge >= 0.3 is 5.97 Å². The standard InChI is InChI=1S/C30H24FN3O4/c1-2-5-18-10-13-22(14-11-18)34-26-15-12-21(31)17-24(26)27(29(34)36)33-32-25-9-4-8-23(28(25)35)19-6-3-7-20(16-19)30(37)38/h3-4,6-17,32,35H,2,5H2,1H3,(H,37,38). The van der Waals surface area contributed by atoms with E-state index in [0.29, 0.717) is 28.1 Å². The van der Waals surface area contributed by atoms with Crippen LogP contribution in [-0.2, 0) is 11.2 Å². The number of fused-ring (bicyclic) bond motifs is 1. The first-order valence-electron chi connectivity index (χ1n) is 12.1. The molecule has 0 aromatic heterocycles. The summed E-state index contributed by atoms with van der Waals surface area (Å²) >= 11 is 0. The fraction of sp³-hybridized carbons (Fsp3) is 0.100.